The number of fused-ring (bicyclic) bond motifs is 2. The van der Waals surface area contributed by atoms with E-state index in [9.17, 15) is 0 Å². The van der Waals surface area contributed by atoms with E-state index in [0.717, 1.165) is 17.1 Å². The minimum Gasteiger partial charge on any atom is -0.309 e. The van der Waals surface area contributed by atoms with Gasteiger partial charge in [-0.15, -0.1) is 0 Å². The minimum absolute atomic E-state index is 0.578. The van der Waals surface area contributed by atoms with E-state index in [0.29, 0.717) is 5.92 Å². The van der Waals surface area contributed by atoms with Gasteiger partial charge in [-0.05, 0) is 98.0 Å². The van der Waals surface area contributed by atoms with Crippen molar-refractivity contribution >= 4 is 38.6 Å². The monoisotopic (exact) mass is 731 g/mol. The Hall–Kier alpha value is -6.70. The van der Waals surface area contributed by atoms with Crippen molar-refractivity contribution < 1.29 is 0 Å². The second kappa shape index (κ2) is 15.4. The number of hydrogen-bond donors (Lipinski definition) is 0. The number of para-hydroxylation sites is 2. The van der Waals surface area contributed by atoms with E-state index in [2.05, 4.69) is 211 Å². The molecule has 0 bridgehead atoms. The molecule has 1 aliphatic rings. The lowest BCUT2D eigenvalue weighted by atomic mass is 9.80. The van der Waals surface area contributed by atoms with Crippen LogP contribution >= 0.6 is 0 Å². The van der Waals surface area contributed by atoms with Crippen molar-refractivity contribution in [3.63, 3.8) is 0 Å². The first-order valence-electron chi connectivity index (χ1n) is 20.5. The summed E-state index contributed by atoms with van der Waals surface area (Å²) < 4.78 is 0. The van der Waals surface area contributed by atoms with Gasteiger partial charge in [0, 0.05) is 16.7 Å². The lowest BCUT2D eigenvalue weighted by molar-refractivity contribution is 0.445. The average molecular weight is 732 g/mol. The third-order valence-electron chi connectivity index (χ3n) is 12.1. The van der Waals surface area contributed by atoms with Crippen LogP contribution in [0.3, 0.4) is 0 Å². The standard InChI is InChI=1S/C56H45N/c1-4-19-40(20-5-1)45-37-38-55(52(39-45)43-23-8-3-9-24-43)57(53-35-14-12-30-49(53)48-33-16-26-41-25-10-11-29-46(41)48)54-36-15-13-31-50(54)51-34-18-28-44-27-17-32-47(56(44)51)42-21-6-2-7-22-42/h1,3-5,8-20,23-39,42H,2,6-7,21-22H2. The molecule has 1 nitrogen and oxygen atoms in total. The van der Waals surface area contributed by atoms with Crippen molar-refractivity contribution in [1.29, 1.82) is 0 Å². The van der Waals surface area contributed by atoms with Crippen LogP contribution in [0.15, 0.2) is 206 Å². The van der Waals surface area contributed by atoms with Gasteiger partial charge in [0.05, 0.1) is 17.1 Å². The van der Waals surface area contributed by atoms with E-state index in [1.807, 2.05) is 0 Å². The van der Waals surface area contributed by atoms with Crippen LogP contribution in [0.2, 0.25) is 0 Å². The molecule has 274 valence electrons. The van der Waals surface area contributed by atoms with Gasteiger partial charge in [-0.3, -0.25) is 0 Å². The predicted molar refractivity (Wildman–Crippen MR) is 244 cm³/mol. The Morgan fingerprint density at radius 1 is 0.333 bits per heavy atom. The zero-order valence-corrected chi connectivity index (χ0v) is 32.2. The maximum atomic E-state index is 2.55. The van der Waals surface area contributed by atoms with E-state index < -0.39 is 0 Å². The third-order valence-corrected chi connectivity index (χ3v) is 12.1. The number of rotatable bonds is 8. The van der Waals surface area contributed by atoms with E-state index in [-0.39, 0.29) is 0 Å². The van der Waals surface area contributed by atoms with Crippen molar-refractivity contribution in [3.8, 4) is 44.5 Å². The van der Waals surface area contributed by atoms with Crippen LogP contribution < -0.4 is 4.90 Å². The Labute approximate surface area is 336 Å². The van der Waals surface area contributed by atoms with Crippen LogP contribution in [-0.2, 0) is 0 Å². The Kier molecular flexibility index (Phi) is 9.42. The van der Waals surface area contributed by atoms with Gasteiger partial charge >= 0.3 is 0 Å². The zero-order chi connectivity index (χ0) is 38.0. The molecular weight excluding hydrogens is 687 g/mol. The molecule has 0 saturated heterocycles. The first-order valence-corrected chi connectivity index (χ1v) is 20.5. The highest BCUT2D eigenvalue weighted by Gasteiger charge is 2.26. The molecule has 0 aromatic heterocycles. The molecule has 0 atom stereocenters. The van der Waals surface area contributed by atoms with E-state index in [1.165, 1.54) is 104 Å². The number of nitrogens with zero attached hydrogens (tertiary/aromatic N) is 1. The van der Waals surface area contributed by atoms with Gasteiger partial charge in [-0.25, -0.2) is 0 Å². The molecule has 0 N–H and O–H groups in total. The summed E-state index contributed by atoms with van der Waals surface area (Å²) in [4.78, 5) is 2.55. The molecule has 0 radical (unpaired) electrons. The smallest absolute Gasteiger partial charge is 0.0540 e. The summed E-state index contributed by atoms with van der Waals surface area (Å²) in [6.45, 7) is 0. The van der Waals surface area contributed by atoms with Crippen molar-refractivity contribution in [1.82, 2.24) is 0 Å². The van der Waals surface area contributed by atoms with Crippen molar-refractivity contribution in [3.05, 3.63) is 212 Å². The van der Waals surface area contributed by atoms with E-state index in [4.69, 9.17) is 0 Å². The van der Waals surface area contributed by atoms with Gasteiger partial charge in [0.25, 0.3) is 0 Å². The molecule has 9 aromatic carbocycles. The fourth-order valence-electron chi connectivity index (χ4n) is 9.38. The number of anilines is 3. The summed E-state index contributed by atoms with van der Waals surface area (Å²) in [5.74, 6) is 0.578. The molecule has 1 heteroatoms. The highest BCUT2D eigenvalue weighted by molar-refractivity contribution is 6.07. The maximum absolute atomic E-state index is 2.55. The summed E-state index contributed by atoms with van der Waals surface area (Å²) in [6.07, 6.45) is 6.47. The molecule has 0 unspecified atom stereocenters. The fourth-order valence-corrected chi connectivity index (χ4v) is 9.38. The average Bonchev–Trinajstić information content (AvgIpc) is 3.30. The predicted octanol–water partition coefficient (Wildman–Crippen LogP) is 16.2. The summed E-state index contributed by atoms with van der Waals surface area (Å²) >= 11 is 0. The van der Waals surface area contributed by atoms with Gasteiger partial charge < -0.3 is 4.90 Å². The van der Waals surface area contributed by atoms with Gasteiger partial charge in [0.2, 0.25) is 0 Å². The first-order chi connectivity index (χ1) is 28.3. The topological polar surface area (TPSA) is 3.24 Å². The molecule has 1 fully saturated rings. The molecule has 0 amide bonds. The van der Waals surface area contributed by atoms with Crippen molar-refractivity contribution in [2.45, 2.75) is 38.0 Å². The lowest BCUT2D eigenvalue weighted by Gasteiger charge is -2.32. The highest BCUT2D eigenvalue weighted by Crippen LogP contribution is 2.50. The Bertz CT molecular complexity index is 2820. The van der Waals surface area contributed by atoms with Crippen molar-refractivity contribution in [2.24, 2.45) is 0 Å². The van der Waals surface area contributed by atoms with Crippen LogP contribution in [0.1, 0.15) is 43.6 Å². The Balaban J connectivity index is 1.28. The molecule has 57 heavy (non-hydrogen) atoms. The molecule has 0 aliphatic heterocycles. The second-order valence-electron chi connectivity index (χ2n) is 15.4. The Morgan fingerprint density at radius 3 is 1.60 bits per heavy atom. The largest absolute Gasteiger partial charge is 0.309 e. The molecule has 1 saturated carbocycles. The van der Waals surface area contributed by atoms with Gasteiger partial charge in [-0.1, -0.05) is 201 Å². The van der Waals surface area contributed by atoms with Gasteiger partial charge in [-0.2, -0.15) is 0 Å². The van der Waals surface area contributed by atoms with E-state index >= 15 is 0 Å². The molecule has 9 aromatic rings. The van der Waals surface area contributed by atoms with E-state index in [1.54, 1.807) is 0 Å². The van der Waals surface area contributed by atoms with Crippen LogP contribution in [0, 0.1) is 0 Å². The number of hydrogen-bond acceptors (Lipinski definition) is 1. The molecule has 10 rings (SSSR count). The lowest BCUT2D eigenvalue weighted by Crippen LogP contribution is -2.14. The summed E-state index contributed by atoms with van der Waals surface area (Å²) in [5.41, 5.74) is 14.6. The SMILES string of the molecule is c1ccc(-c2ccc(N(c3ccccc3-c3cccc4ccccc34)c3ccccc3-c3cccc4cccc(C5CCCCC5)c34)c(-c3ccccc3)c2)cc1. The number of benzene rings is 9. The second-order valence-corrected chi connectivity index (χ2v) is 15.4. The Morgan fingerprint density at radius 2 is 0.860 bits per heavy atom. The minimum atomic E-state index is 0.578. The maximum Gasteiger partial charge on any atom is 0.0540 e. The quantitative estimate of drug-likeness (QED) is 0.150. The van der Waals surface area contributed by atoms with Crippen LogP contribution in [0.25, 0.3) is 66.1 Å². The van der Waals surface area contributed by atoms with Crippen LogP contribution in [0.5, 0.6) is 0 Å². The first kappa shape index (κ1) is 34.8. The third kappa shape index (κ3) is 6.60. The fraction of sp³-hybridized carbons (Fsp3) is 0.107. The normalized spacial score (nSPS) is 13.2. The summed E-state index contributed by atoms with van der Waals surface area (Å²) in [6, 6.07) is 76.1. The summed E-state index contributed by atoms with van der Waals surface area (Å²) in [5, 5.41) is 5.18. The van der Waals surface area contributed by atoms with Crippen LogP contribution in [0.4, 0.5) is 17.1 Å². The molecule has 0 spiro atoms. The molecule has 1 aliphatic carbocycles. The van der Waals surface area contributed by atoms with Crippen molar-refractivity contribution in [2.75, 3.05) is 4.90 Å². The molecule has 0 heterocycles. The highest BCUT2D eigenvalue weighted by atomic mass is 15.1. The van der Waals surface area contributed by atoms with Gasteiger partial charge in [0.1, 0.15) is 0 Å². The zero-order valence-electron chi connectivity index (χ0n) is 32.2. The van der Waals surface area contributed by atoms with Crippen LogP contribution in [-0.4, -0.2) is 0 Å². The molecular formula is C56H45N. The summed E-state index contributed by atoms with van der Waals surface area (Å²) in [7, 11) is 0. The van der Waals surface area contributed by atoms with Gasteiger partial charge in [0.15, 0.2) is 0 Å².